The van der Waals surface area contributed by atoms with Crippen LogP contribution in [0.3, 0.4) is 0 Å². The summed E-state index contributed by atoms with van der Waals surface area (Å²) in [5.74, 6) is -99.9. The Morgan fingerprint density at radius 3 is 0.816 bits per heavy atom. The number of hydrogen-bond acceptors (Lipinski definition) is 2. The van der Waals surface area contributed by atoms with Crippen LogP contribution in [0.1, 0.15) is 6.92 Å². The molecule has 0 radical (unpaired) electrons. The number of ether oxygens (including phenoxy) is 1. The molecule has 292 valence electrons. The van der Waals surface area contributed by atoms with E-state index in [9.17, 15) is 132 Å². The Kier molecular flexibility index (Phi) is 10.7. The van der Waals surface area contributed by atoms with Crippen LogP contribution in [0, 0.1) is 0 Å². The van der Waals surface area contributed by atoms with E-state index >= 15 is 0 Å². The fourth-order valence-corrected chi connectivity index (χ4v) is 2.84. The van der Waals surface area contributed by atoms with Gasteiger partial charge in [-0.1, -0.05) is 6.58 Å². The van der Waals surface area contributed by atoms with Crippen molar-refractivity contribution < 1.29 is 137 Å². The van der Waals surface area contributed by atoms with Gasteiger partial charge in [0.25, 0.3) is 0 Å². The van der Waals surface area contributed by atoms with E-state index < -0.39 is 94.9 Å². The summed E-state index contributed by atoms with van der Waals surface area (Å²) >= 11 is 0. The lowest BCUT2D eigenvalue weighted by Crippen LogP contribution is -2.81. The van der Waals surface area contributed by atoms with Crippen molar-refractivity contribution in [1.82, 2.24) is 0 Å². The standard InChI is InChI=1S/C18H5F29O2/c1-3(2)4(48)49-15(38,13(34,35)11(30,31)14(36,37)18(45,46)47)12(32,33)10(28,29)9(26,27)8(24,25)7(22,23)6(20,21)5(19,16(39,40)41)17(42,43)44/h1H2,2H3. The summed E-state index contributed by atoms with van der Waals surface area (Å²) in [4.78, 5) is 11.3. The number of alkyl halides is 29. The Morgan fingerprint density at radius 1 is 0.367 bits per heavy atom. The molecular weight excluding hydrogens is 799 g/mol. The zero-order chi connectivity index (χ0) is 40.9. The molecule has 0 aromatic carbocycles. The molecule has 0 fully saturated rings. The maximum Gasteiger partial charge on any atom is 0.460 e. The number of carbonyl (C=O) groups excluding carboxylic acids is 1. The molecule has 0 aliphatic rings. The van der Waals surface area contributed by atoms with Crippen LogP contribution in [0.15, 0.2) is 12.2 Å². The zero-order valence-corrected chi connectivity index (χ0v) is 21.5. The second kappa shape index (κ2) is 11.3. The molecule has 0 heterocycles. The number of rotatable bonds is 12. The molecule has 0 saturated carbocycles. The van der Waals surface area contributed by atoms with Gasteiger partial charge in [0.2, 0.25) is 0 Å². The first-order valence-corrected chi connectivity index (χ1v) is 10.4. The zero-order valence-electron chi connectivity index (χ0n) is 21.5. The van der Waals surface area contributed by atoms with Crippen LogP contribution < -0.4 is 0 Å². The Bertz CT molecular complexity index is 1250. The van der Waals surface area contributed by atoms with Crippen molar-refractivity contribution in [2.75, 3.05) is 0 Å². The van der Waals surface area contributed by atoms with Crippen LogP contribution >= 0.6 is 0 Å². The van der Waals surface area contributed by atoms with Gasteiger partial charge in [-0.2, -0.15) is 123 Å². The third-order valence-electron chi connectivity index (χ3n) is 5.72. The third kappa shape index (κ3) is 5.55. The minimum Gasteiger partial charge on any atom is -0.413 e. The third-order valence-corrected chi connectivity index (χ3v) is 5.72. The average Bonchev–Trinajstić information content (AvgIpc) is 2.84. The summed E-state index contributed by atoms with van der Waals surface area (Å²) in [5.41, 5.74) is -11.5. The van der Waals surface area contributed by atoms with Crippen molar-refractivity contribution in [3.8, 4) is 0 Å². The van der Waals surface area contributed by atoms with Crippen molar-refractivity contribution in [3.63, 3.8) is 0 Å². The molecule has 31 heteroatoms. The number of esters is 1. The van der Waals surface area contributed by atoms with E-state index in [0.29, 0.717) is 0 Å². The summed E-state index contributed by atoms with van der Waals surface area (Å²) in [6.45, 7) is 1.77. The summed E-state index contributed by atoms with van der Waals surface area (Å²) in [6, 6.07) is 0. The minimum atomic E-state index is -10.0. The molecule has 1 unspecified atom stereocenters. The van der Waals surface area contributed by atoms with Crippen LogP contribution in [0.4, 0.5) is 127 Å². The van der Waals surface area contributed by atoms with Crippen LogP contribution in [0.25, 0.3) is 0 Å². The lowest BCUT2D eigenvalue weighted by Gasteiger charge is -2.48. The van der Waals surface area contributed by atoms with Crippen LogP contribution in [-0.2, 0) is 9.53 Å². The summed E-state index contributed by atoms with van der Waals surface area (Å²) in [5, 5.41) is 0. The molecule has 0 aromatic heterocycles. The normalized spacial score (nSPS) is 17.5. The molecule has 0 bridgehead atoms. The Labute approximate surface area is 246 Å². The monoisotopic (exact) mass is 804 g/mol. The quantitative estimate of drug-likeness (QED) is 0.112. The molecule has 2 nitrogen and oxygen atoms in total. The maximum atomic E-state index is 14.9. The number of carbonyl (C=O) groups is 1. The lowest BCUT2D eigenvalue weighted by atomic mass is 9.81. The first-order chi connectivity index (χ1) is 20.6. The molecule has 0 rings (SSSR count). The van der Waals surface area contributed by atoms with E-state index in [4.69, 9.17) is 0 Å². The Balaban J connectivity index is 8.22. The van der Waals surface area contributed by atoms with Gasteiger partial charge >= 0.3 is 89.3 Å². The van der Waals surface area contributed by atoms with Gasteiger partial charge in [0.05, 0.1) is 0 Å². The second-order valence-corrected chi connectivity index (χ2v) is 9.09. The predicted molar refractivity (Wildman–Crippen MR) is 91.3 cm³/mol. The molecule has 1 atom stereocenters. The van der Waals surface area contributed by atoms with Gasteiger partial charge in [-0.15, -0.1) is 0 Å². The Morgan fingerprint density at radius 2 is 0.592 bits per heavy atom. The molecule has 0 N–H and O–H groups in total. The fourth-order valence-electron chi connectivity index (χ4n) is 2.84. The maximum absolute atomic E-state index is 14.9. The van der Waals surface area contributed by atoms with Crippen LogP contribution in [0.2, 0.25) is 0 Å². The van der Waals surface area contributed by atoms with Crippen molar-refractivity contribution in [2.45, 2.75) is 90.3 Å². The van der Waals surface area contributed by atoms with Gasteiger partial charge in [0.1, 0.15) is 0 Å². The Hall–Kier alpha value is -2.82. The highest BCUT2D eigenvalue weighted by atomic mass is 19.4. The van der Waals surface area contributed by atoms with E-state index in [2.05, 4.69) is 0 Å². The van der Waals surface area contributed by atoms with Gasteiger partial charge in [-0.05, 0) is 6.92 Å². The molecule has 49 heavy (non-hydrogen) atoms. The molecule has 0 amide bonds. The molecular formula is C18H5F29O2. The number of hydrogen-bond donors (Lipinski definition) is 0. The minimum absolute atomic E-state index is 0.254. The SMILES string of the molecule is C=C(C)C(=O)OC(F)(C(F)(F)C(F)(F)C(F)(F)C(F)(F)F)C(F)(F)C(F)(F)C(F)(F)C(F)(F)C(F)(F)C(F)(F)C(F)(C(F)(F)F)C(F)(F)F. The summed E-state index contributed by atoms with van der Waals surface area (Å²) in [6.07, 6.45) is -25.9. The van der Waals surface area contributed by atoms with Gasteiger partial charge in [-0.3, -0.25) is 0 Å². The van der Waals surface area contributed by atoms with Crippen LogP contribution in [0.5, 0.6) is 0 Å². The lowest BCUT2D eigenvalue weighted by molar-refractivity contribution is -0.497. The average molecular weight is 804 g/mol. The van der Waals surface area contributed by atoms with E-state index in [1.165, 1.54) is 0 Å². The first-order valence-electron chi connectivity index (χ1n) is 10.4. The molecule has 0 saturated heterocycles. The molecule has 0 aliphatic heterocycles. The fraction of sp³-hybridized carbons (Fsp3) is 0.833. The smallest absolute Gasteiger partial charge is 0.413 e. The van der Waals surface area contributed by atoms with Crippen LogP contribution in [-0.4, -0.2) is 89.3 Å². The van der Waals surface area contributed by atoms with E-state index in [0.717, 1.165) is 0 Å². The van der Waals surface area contributed by atoms with Gasteiger partial charge in [-0.25, -0.2) is 9.18 Å². The van der Waals surface area contributed by atoms with E-state index in [1.807, 2.05) is 11.3 Å². The van der Waals surface area contributed by atoms with Crippen molar-refractivity contribution in [1.29, 1.82) is 0 Å². The largest absolute Gasteiger partial charge is 0.460 e. The highest BCUT2D eigenvalue weighted by Crippen LogP contribution is 2.69. The van der Waals surface area contributed by atoms with Crippen molar-refractivity contribution >= 4 is 5.97 Å². The molecule has 0 aromatic rings. The summed E-state index contributed by atoms with van der Waals surface area (Å²) < 4.78 is 393. The highest BCUT2D eigenvalue weighted by Gasteiger charge is 3.02. The second-order valence-electron chi connectivity index (χ2n) is 9.09. The molecule has 0 spiro atoms. The summed E-state index contributed by atoms with van der Waals surface area (Å²) in [7, 11) is 0. The van der Waals surface area contributed by atoms with Gasteiger partial charge in [0, 0.05) is 5.57 Å². The van der Waals surface area contributed by atoms with Gasteiger partial charge < -0.3 is 4.74 Å². The molecule has 0 aliphatic carbocycles. The number of halogens is 29. The van der Waals surface area contributed by atoms with Crippen molar-refractivity contribution in [3.05, 3.63) is 12.2 Å². The van der Waals surface area contributed by atoms with Crippen molar-refractivity contribution in [2.24, 2.45) is 0 Å². The van der Waals surface area contributed by atoms with Gasteiger partial charge in [0.15, 0.2) is 0 Å². The topological polar surface area (TPSA) is 26.3 Å². The predicted octanol–water partition coefficient (Wildman–Crippen LogP) is 9.88. The van der Waals surface area contributed by atoms with E-state index in [1.54, 1.807) is 0 Å². The first kappa shape index (κ1) is 46.2. The van der Waals surface area contributed by atoms with E-state index in [-0.39, 0.29) is 6.92 Å². The highest BCUT2D eigenvalue weighted by molar-refractivity contribution is 5.87.